The van der Waals surface area contributed by atoms with Crippen LogP contribution >= 0.6 is 11.8 Å². The second-order valence-electron chi connectivity index (χ2n) is 30.6. The van der Waals surface area contributed by atoms with Crippen LogP contribution in [-0.2, 0) is 33.4 Å². The number of fused-ring (bicyclic) bond motifs is 2. The normalized spacial score (nSPS) is 36.5. The molecule has 3 rings (SSSR count). The molecule has 0 saturated carbocycles. The third-order valence-electron chi connectivity index (χ3n) is 20.8. The molecule has 608 valence electrons. The van der Waals surface area contributed by atoms with Crippen molar-refractivity contribution in [3.63, 3.8) is 0 Å². The number of carbonyl (C=O) groups excluding carboxylic acids is 4. The molecule has 0 amide bonds. The van der Waals surface area contributed by atoms with Gasteiger partial charge in [-0.25, -0.2) is 0 Å². The van der Waals surface area contributed by atoms with E-state index in [0.29, 0.717) is 56.9 Å². The zero-order chi connectivity index (χ0) is 80.1. The first-order valence-corrected chi connectivity index (χ1v) is 39.7. The van der Waals surface area contributed by atoms with Crippen LogP contribution in [0.25, 0.3) is 0 Å². The molecule has 1 fully saturated rings. The maximum Gasteiger partial charge on any atom is 0.311 e. The van der Waals surface area contributed by atoms with Crippen molar-refractivity contribution in [2.24, 2.45) is 41.4 Å². The number of methoxy groups -OCH3 is 1. The molecule has 25 unspecified atom stereocenters. The van der Waals surface area contributed by atoms with Crippen molar-refractivity contribution in [3.05, 3.63) is 131 Å². The number of aliphatic hydroxyl groups is 16. The maximum absolute atomic E-state index is 14.0. The van der Waals surface area contributed by atoms with Gasteiger partial charge in [0.15, 0.2) is 17.3 Å². The van der Waals surface area contributed by atoms with E-state index in [4.69, 9.17) is 14.2 Å². The summed E-state index contributed by atoms with van der Waals surface area (Å²) in [7, 11) is 1.42. The van der Waals surface area contributed by atoms with Crippen LogP contribution in [0.4, 0.5) is 0 Å². The number of thioether (sulfide) groups is 1. The van der Waals surface area contributed by atoms with Gasteiger partial charge in [-0.3, -0.25) is 19.2 Å². The molecular weight excluding hydrogens is 1400 g/mol. The molecule has 1 aliphatic carbocycles. The van der Waals surface area contributed by atoms with E-state index in [1.54, 1.807) is 127 Å². The topological polar surface area (TPSA) is 420 Å². The third-order valence-corrected chi connectivity index (χ3v) is 21.6. The smallest absolute Gasteiger partial charge is 0.311 e. The summed E-state index contributed by atoms with van der Waals surface area (Å²) >= 11 is 1.10. The van der Waals surface area contributed by atoms with E-state index in [2.05, 4.69) is 6.92 Å². The van der Waals surface area contributed by atoms with Gasteiger partial charge in [0.1, 0.15) is 11.9 Å². The highest BCUT2D eigenvalue weighted by atomic mass is 32.2. The molecule has 2 heterocycles. The number of rotatable bonds is 9. The predicted octanol–water partition coefficient (Wildman–Crippen LogP) is 8.28. The number of ether oxygens (including phenoxy) is 3. The first kappa shape index (κ1) is 96.3. The highest BCUT2D eigenvalue weighted by Crippen LogP contribution is 2.40. The van der Waals surface area contributed by atoms with Crippen LogP contribution in [0, 0.1) is 41.4 Å². The van der Waals surface area contributed by atoms with Crippen LogP contribution in [0.15, 0.2) is 131 Å². The molecule has 0 aromatic carbocycles. The number of esters is 1. The summed E-state index contributed by atoms with van der Waals surface area (Å²) in [5, 5.41) is 175. The van der Waals surface area contributed by atoms with Gasteiger partial charge in [-0.05, 0) is 126 Å². The Kier molecular flexibility index (Phi) is 45.8. The monoisotopic (exact) mass is 1530 g/mol. The summed E-state index contributed by atoms with van der Waals surface area (Å²) < 4.78 is 17.8. The molecule has 1 saturated heterocycles. The largest absolute Gasteiger partial charge is 0.504 e. The van der Waals surface area contributed by atoms with E-state index in [-0.39, 0.29) is 105 Å². The van der Waals surface area contributed by atoms with Gasteiger partial charge in [0.2, 0.25) is 5.78 Å². The lowest BCUT2D eigenvalue weighted by atomic mass is 9.78. The van der Waals surface area contributed by atoms with Gasteiger partial charge in [0.05, 0.1) is 109 Å². The second-order valence-corrected chi connectivity index (χ2v) is 31.4. The molecule has 16 N–H and O–H groups in total. The Bertz CT molecular complexity index is 2990. The Morgan fingerprint density at radius 3 is 1.88 bits per heavy atom. The molecule has 3 aliphatic rings. The lowest BCUT2D eigenvalue weighted by Gasteiger charge is -2.46. The zero-order valence-corrected chi connectivity index (χ0v) is 65.5. The quantitative estimate of drug-likeness (QED) is 0.0586. The fourth-order valence-electron chi connectivity index (χ4n) is 13.7. The minimum Gasteiger partial charge on any atom is -0.504 e. The summed E-state index contributed by atoms with van der Waals surface area (Å²) in [6, 6.07) is 0. The Labute approximate surface area is 639 Å². The third kappa shape index (κ3) is 37.3. The maximum atomic E-state index is 14.0. The van der Waals surface area contributed by atoms with E-state index in [1.165, 1.54) is 25.3 Å². The summed E-state index contributed by atoms with van der Waals surface area (Å²) in [5.41, 5.74) is 0.579. The number of hydrogen-bond donors (Lipinski definition) is 16. The van der Waals surface area contributed by atoms with E-state index in [9.17, 15) is 101 Å². The fraction of sp³-hybridized carbons (Fsp3) is 0.687. The standard InChI is InChI=1S/C83H132O23S/c1-51-24-19-21-32-63(88)44-68(93)46-69(33-22-20-25-52(2)35-39-75(104-9)77-80(102)72(96)48-73(97)82(77)107-10)105-76(99)50-83(103)49-74(98)57(7)81(106-83)58(8)79(101)55(5)27-23-26-54(4)78(100)56(6)71(95)47-70(94)53(3)36-38-65(90)45-67(92)43-62(87)31-18-14-17-30-61(86)42-66(91)41-60(85)29-16-13-11-12-15-28-59(84)40-64(89)37-34-51/h11-18,20,22-23,25-27,29,31,33,48,51-53,55-65,67-71,74-75,78-79,81,84-90,92-96,98,100-101,103H,19,21,24,28,30,32,34-47,49-50H2,1-10H3/b13-11?,15-12?,17-14?,25-20+,27-23?,29-16?,31-18?,33-22+,54-26?. The van der Waals surface area contributed by atoms with Crippen molar-refractivity contribution in [1.29, 1.82) is 0 Å². The molecule has 0 aromatic heterocycles. The molecule has 25 atom stereocenters. The number of cyclic esters (lactones) is 1. The van der Waals surface area contributed by atoms with Gasteiger partial charge in [0.25, 0.3) is 0 Å². The zero-order valence-electron chi connectivity index (χ0n) is 64.7. The van der Waals surface area contributed by atoms with Crippen LogP contribution in [0.5, 0.6) is 0 Å². The van der Waals surface area contributed by atoms with Gasteiger partial charge in [-0.15, -0.1) is 11.8 Å². The summed E-state index contributed by atoms with van der Waals surface area (Å²) in [5.74, 6) is -8.18. The Balaban J connectivity index is 1.80. The van der Waals surface area contributed by atoms with Gasteiger partial charge < -0.3 is 95.9 Å². The number of hydrogen-bond acceptors (Lipinski definition) is 24. The van der Waals surface area contributed by atoms with Gasteiger partial charge in [-0.1, -0.05) is 165 Å². The van der Waals surface area contributed by atoms with E-state index in [1.807, 2.05) is 13.0 Å². The van der Waals surface area contributed by atoms with Gasteiger partial charge in [-0.2, -0.15) is 0 Å². The summed E-state index contributed by atoms with van der Waals surface area (Å²) in [6.45, 7) is 14.2. The van der Waals surface area contributed by atoms with Crippen molar-refractivity contribution in [1.82, 2.24) is 0 Å². The molecule has 2 aliphatic heterocycles. The average Bonchev–Trinajstić information content (AvgIpc) is 0.797. The summed E-state index contributed by atoms with van der Waals surface area (Å²) in [4.78, 5) is 52.4. The number of carbonyl (C=O) groups is 4. The number of aliphatic hydroxyl groups excluding tert-OH is 15. The van der Waals surface area contributed by atoms with Crippen molar-refractivity contribution in [3.8, 4) is 0 Å². The molecule has 0 aromatic rings. The van der Waals surface area contributed by atoms with Crippen molar-refractivity contribution >= 4 is 35.1 Å². The van der Waals surface area contributed by atoms with Gasteiger partial charge >= 0.3 is 5.97 Å². The summed E-state index contributed by atoms with van der Waals surface area (Å²) in [6.07, 6.45) is 17.2. The molecule has 0 radical (unpaired) electrons. The lowest BCUT2D eigenvalue weighted by molar-refractivity contribution is -0.302. The van der Waals surface area contributed by atoms with E-state index >= 15 is 0 Å². The van der Waals surface area contributed by atoms with Crippen LogP contribution in [0.2, 0.25) is 0 Å². The fourth-order valence-corrected chi connectivity index (χ4v) is 14.4. The SMILES string of the molecule is COC(CCC(C)/C=C/C=C/C1CC(O)CC(O)CCCCC(C)CCC(O)CC(O)CC=CC=CC=CC(O)CC(=O)CC(O)CC=CC=CC(O)CC(O)CC(O)CCC(C)C(O)CC(O)C(C)C(O)C(C)=CC=CC(C)C(O)C(C)C2OC(O)(CC(=O)O1)CC(O)C2C)C1=C(SC)C(=O)C=C(O)C1=O. The minimum absolute atomic E-state index is 0.0386. The van der Waals surface area contributed by atoms with Gasteiger partial charge in [0, 0.05) is 74.5 Å². The van der Waals surface area contributed by atoms with E-state index in [0.717, 1.165) is 30.7 Å². The van der Waals surface area contributed by atoms with Crippen molar-refractivity contribution < 1.29 is 115 Å². The van der Waals surface area contributed by atoms with Crippen molar-refractivity contribution in [2.75, 3.05) is 13.4 Å². The van der Waals surface area contributed by atoms with Crippen molar-refractivity contribution in [2.45, 2.75) is 306 Å². The average molecular weight is 1530 g/mol. The van der Waals surface area contributed by atoms with E-state index < -0.39 is 163 Å². The highest BCUT2D eigenvalue weighted by molar-refractivity contribution is 8.03. The second kappa shape index (κ2) is 50.9. The first-order chi connectivity index (χ1) is 50.5. The minimum atomic E-state index is -2.25. The Morgan fingerprint density at radius 2 is 1.21 bits per heavy atom. The Hall–Kier alpha value is -4.91. The Morgan fingerprint density at radius 1 is 0.607 bits per heavy atom. The molecule has 0 spiro atoms. The van der Waals surface area contributed by atoms with Crippen LogP contribution in [-0.4, -0.2) is 228 Å². The number of Topliss-reactive ketones (excluding diaryl/α,β-unsaturated/α-hetero) is 2. The molecule has 23 nitrogen and oxygen atoms in total. The molecule has 2 bridgehead atoms. The molecule has 107 heavy (non-hydrogen) atoms. The lowest BCUT2D eigenvalue weighted by Crippen LogP contribution is -2.55. The number of allylic oxidation sites excluding steroid dienone is 14. The first-order valence-electron chi connectivity index (χ1n) is 38.5. The predicted molar refractivity (Wildman–Crippen MR) is 413 cm³/mol. The van der Waals surface area contributed by atoms with Crippen LogP contribution in [0.3, 0.4) is 0 Å². The number of ketones is 3. The molecule has 24 heteroatoms. The highest BCUT2D eigenvalue weighted by Gasteiger charge is 2.49. The van der Waals surface area contributed by atoms with Crippen LogP contribution < -0.4 is 0 Å². The molecular formula is C83H132O23S. The van der Waals surface area contributed by atoms with Crippen LogP contribution in [0.1, 0.15) is 197 Å².